The van der Waals surface area contributed by atoms with Crippen molar-refractivity contribution in [3.63, 3.8) is 0 Å². The van der Waals surface area contributed by atoms with Crippen molar-refractivity contribution in [1.29, 1.82) is 0 Å². The zero-order valence-corrected chi connectivity index (χ0v) is 17.6. The second-order valence-corrected chi connectivity index (χ2v) is 9.07. The van der Waals surface area contributed by atoms with Gasteiger partial charge >= 0.3 is 0 Å². The van der Waals surface area contributed by atoms with Gasteiger partial charge in [0.2, 0.25) is 5.91 Å². The van der Waals surface area contributed by atoms with Crippen molar-refractivity contribution in [2.45, 2.75) is 30.7 Å². The molecule has 0 aromatic heterocycles. The SMILES string of the molecule is CC(Nc1ccc(NS(=O)(=O)c2c(Cl)cccc2Cl)cc1)C(=O)N1CCCC1. The Labute approximate surface area is 174 Å². The molecule has 2 N–H and O–H groups in total. The smallest absolute Gasteiger partial charge is 0.264 e. The topological polar surface area (TPSA) is 78.5 Å². The fourth-order valence-electron chi connectivity index (χ4n) is 3.10. The molecule has 0 saturated carbocycles. The summed E-state index contributed by atoms with van der Waals surface area (Å²) in [4.78, 5) is 14.1. The summed E-state index contributed by atoms with van der Waals surface area (Å²) in [7, 11) is -3.93. The zero-order valence-electron chi connectivity index (χ0n) is 15.3. The van der Waals surface area contributed by atoms with Crippen LogP contribution in [0.1, 0.15) is 19.8 Å². The molecule has 1 amide bonds. The normalized spacial score (nSPS) is 15.3. The van der Waals surface area contributed by atoms with E-state index in [0.29, 0.717) is 5.69 Å². The molecule has 1 heterocycles. The van der Waals surface area contributed by atoms with Gasteiger partial charge in [0.1, 0.15) is 10.9 Å². The lowest BCUT2D eigenvalue weighted by atomic mass is 10.2. The molecule has 1 atom stereocenters. The third-order valence-corrected chi connectivity index (χ3v) is 6.83. The standard InChI is InChI=1S/C19H21Cl2N3O3S/c1-13(19(25)24-11-2-3-12-24)22-14-7-9-15(10-8-14)23-28(26,27)18-16(20)5-4-6-17(18)21/h4-10,13,22-23H,2-3,11-12H2,1H3. The van der Waals surface area contributed by atoms with E-state index in [-0.39, 0.29) is 26.9 Å². The van der Waals surface area contributed by atoms with Crippen LogP contribution in [-0.4, -0.2) is 38.4 Å². The number of likely N-dealkylation sites (tertiary alicyclic amines) is 1. The molecular formula is C19H21Cl2N3O3S. The summed E-state index contributed by atoms with van der Waals surface area (Å²) < 4.78 is 27.7. The summed E-state index contributed by atoms with van der Waals surface area (Å²) in [6, 6.07) is 10.8. The first kappa shape index (κ1) is 20.8. The van der Waals surface area contributed by atoms with Crippen molar-refractivity contribution < 1.29 is 13.2 Å². The van der Waals surface area contributed by atoms with Gasteiger partial charge in [-0.2, -0.15) is 0 Å². The number of hydrogen-bond acceptors (Lipinski definition) is 4. The fraction of sp³-hybridized carbons (Fsp3) is 0.316. The highest BCUT2D eigenvalue weighted by Crippen LogP contribution is 2.30. The number of carbonyl (C=O) groups excluding carboxylic acids is 1. The van der Waals surface area contributed by atoms with E-state index >= 15 is 0 Å². The van der Waals surface area contributed by atoms with Crippen LogP contribution in [0.4, 0.5) is 11.4 Å². The molecule has 1 aliphatic rings. The van der Waals surface area contributed by atoms with E-state index in [2.05, 4.69) is 10.0 Å². The number of amides is 1. The van der Waals surface area contributed by atoms with E-state index in [1.165, 1.54) is 12.1 Å². The van der Waals surface area contributed by atoms with Crippen LogP contribution >= 0.6 is 23.2 Å². The van der Waals surface area contributed by atoms with Crippen LogP contribution in [-0.2, 0) is 14.8 Å². The van der Waals surface area contributed by atoms with E-state index in [1.54, 1.807) is 30.3 Å². The number of rotatable bonds is 6. The zero-order chi connectivity index (χ0) is 20.3. The third-order valence-electron chi connectivity index (χ3n) is 4.50. The van der Waals surface area contributed by atoms with Crippen LogP contribution in [0.2, 0.25) is 10.0 Å². The number of nitrogens with zero attached hydrogens (tertiary/aromatic N) is 1. The number of sulfonamides is 1. The molecule has 150 valence electrons. The minimum atomic E-state index is -3.93. The lowest BCUT2D eigenvalue weighted by Gasteiger charge is -2.22. The first-order valence-electron chi connectivity index (χ1n) is 8.90. The monoisotopic (exact) mass is 441 g/mol. The maximum absolute atomic E-state index is 12.6. The highest BCUT2D eigenvalue weighted by atomic mass is 35.5. The predicted octanol–water partition coefficient (Wildman–Crippen LogP) is 4.22. The van der Waals surface area contributed by atoms with E-state index in [0.717, 1.165) is 31.6 Å². The van der Waals surface area contributed by atoms with Gasteiger partial charge in [0, 0.05) is 24.5 Å². The van der Waals surface area contributed by atoms with E-state index in [1.807, 2.05) is 11.8 Å². The van der Waals surface area contributed by atoms with Gasteiger partial charge in [-0.25, -0.2) is 8.42 Å². The van der Waals surface area contributed by atoms with Crippen molar-refractivity contribution in [1.82, 2.24) is 4.90 Å². The summed E-state index contributed by atoms with van der Waals surface area (Å²) in [5, 5.41) is 3.25. The molecular weight excluding hydrogens is 421 g/mol. The minimum Gasteiger partial charge on any atom is -0.374 e. The Morgan fingerprint density at radius 1 is 1.00 bits per heavy atom. The maximum atomic E-state index is 12.6. The largest absolute Gasteiger partial charge is 0.374 e. The second kappa shape index (κ2) is 8.59. The van der Waals surface area contributed by atoms with Crippen LogP contribution in [0.25, 0.3) is 0 Å². The lowest BCUT2D eigenvalue weighted by molar-refractivity contribution is -0.130. The highest BCUT2D eigenvalue weighted by molar-refractivity contribution is 7.93. The summed E-state index contributed by atoms with van der Waals surface area (Å²) in [6.07, 6.45) is 2.09. The summed E-state index contributed by atoms with van der Waals surface area (Å²) >= 11 is 12.0. The maximum Gasteiger partial charge on any atom is 0.264 e. The van der Waals surface area contributed by atoms with Crippen molar-refractivity contribution in [3.8, 4) is 0 Å². The quantitative estimate of drug-likeness (QED) is 0.703. The van der Waals surface area contributed by atoms with Gasteiger partial charge in [-0.05, 0) is 56.2 Å². The Bertz CT molecular complexity index is 939. The Morgan fingerprint density at radius 3 is 2.11 bits per heavy atom. The Kier molecular flexibility index (Phi) is 6.37. The first-order valence-corrected chi connectivity index (χ1v) is 11.1. The van der Waals surface area contributed by atoms with E-state index < -0.39 is 10.0 Å². The molecule has 0 aliphatic carbocycles. The summed E-state index contributed by atoms with van der Waals surface area (Å²) in [6.45, 7) is 3.42. The molecule has 1 aliphatic heterocycles. The third kappa shape index (κ3) is 4.71. The van der Waals surface area contributed by atoms with Crippen LogP contribution in [0.15, 0.2) is 47.4 Å². The molecule has 0 bridgehead atoms. The van der Waals surface area contributed by atoms with Crippen LogP contribution in [0, 0.1) is 0 Å². The number of halogens is 2. The van der Waals surface area contributed by atoms with Crippen molar-refractivity contribution in [2.75, 3.05) is 23.1 Å². The molecule has 1 saturated heterocycles. The molecule has 3 rings (SSSR count). The predicted molar refractivity (Wildman–Crippen MR) is 113 cm³/mol. The van der Waals surface area contributed by atoms with Gasteiger partial charge in [-0.15, -0.1) is 0 Å². The van der Waals surface area contributed by atoms with E-state index in [4.69, 9.17) is 23.2 Å². The average molecular weight is 442 g/mol. The molecule has 0 radical (unpaired) electrons. The fourth-order valence-corrected chi connectivity index (χ4v) is 5.31. The lowest BCUT2D eigenvalue weighted by Crippen LogP contribution is -2.39. The van der Waals surface area contributed by atoms with Crippen LogP contribution in [0.5, 0.6) is 0 Å². The number of carbonyl (C=O) groups is 1. The summed E-state index contributed by atoms with van der Waals surface area (Å²) in [5.41, 5.74) is 1.08. The first-order chi connectivity index (χ1) is 13.3. The Balaban J connectivity index is 1.68. The van der Waals surface area contributed by atoms with Crippen LogP contribution in [0.3, 0.4) is 0 Å². The van der Waals surface area contributed by atoms with Gasteiger partial charge in [0.05, 0.1) is 10.0 Å². The van der Waals surface area contributed by atoms with E-state index in [9.17, 15) is 13.2 Å². The van der Waals surface area contributed by atoms with Crippen molar-refractivity contribution in [2.24, 2.45) is 0 Å². The van der Waals surface area contributed by atoms with Gasteiger partial charge < -0.3 is 10.2 Å². The molecule has 28 heavy (non-hydrogen) atoms. The molecule has 2 aromatic carbocycles. The molecule has 1 fully saturated rings. The second-order valence-electron chi connectivity index (χ2n) is 6.63. The highest BCUT2D eigenvalue weighted by Gasteiger charge is 2.24. The van der Waals surface area contributed by atoms with Crippen molar-refractivity contribution >= 4 is 50.5 Å². The number of nitrogens with one attached hydrogen (secondary N) is 2. The summed E-state index contributed by atoms with van der Waals surface area (Å²) in [5.74, 6) is 0.0654. The van der Waals surface area contributed by atoms with Gasteiger partial charge in [0.25, 0.3) is 10.0 Å². The molecule has 2 aromatic rings. The Morgan fingerprint density at radius 2 is 1.54 bits per heavy atom. The number of anilines is 2. The Hall–Kier alpha value is -1.96. The van der Waals surface area contributed by atoms with Gasteiger partial charge in [0.15, 0.2) is 0 Å². The molecule has 6 nitrogen and oxygen atoms in total. The minimum absolute atomic E-state index is 0.0486. The number of benzene rings is 2. The molecule has 0 spiro atoms. The van der Waals surface area contributed by atoms with Crippen molar-refractivity contribution in [3.05, 3.63) is 52.5 Å². The average Bonchev–Trinajstić information content (AvgIpc) is 3.16. The van der Waals surface area contributed by atoms with Gasteiger partial charge in [-0.3, -0.25) is 9.52 Å². The molecule has 1 unspecified atom stereocenters. The number of hydrogen-bond donors (Lipinski definition) is 2. The molecule has 9 heteroatoms. The van der Waals surface area contributed by atoms with Gasteiger partial charge in [-0.1, -0.05) is 29.3 Å². The van der Waals surface area contributed by atoms with Crippen LogP contribution < -0.4 is 10.0 Å².